The molecular weight excluding hydrogens is 823 g/mol. The fourth-order valence-corrected chi connectivity index (χ4v) is 4.25. The predicted molar refractivity (Wildman–Crippen MR) is 204 cm³/mol. The summed E-state index contributed by atoms with van der Waals surface area (Å²) in [5, 5.41) is 21.1. The van der Waals surface area contributed by atoms with Crippen molar-refractivity contribution < 1.29 is 89.9 Å². The molecule has 1 aromatic rings. The molecule has 1 atom stereocenters. The molecule has 0 aromatic carbocycles. The number of likely N-dealkylation sites (tertiary alicyclic amines) is 1. The van der Waals surface area contributed by atoms with Crippen LogP contribution in [-0.2, 0) is 52.5 Å². The van der Waals surface area contributed by atoms with E-state index < -0.39 is 16.0 Å². The van der Waals surface area contributed by atoms with Crippen LogP contribution in [0.1, 0.15) is 72.1 Å². The first-order valence-electron chi connectivity index (χ1n) is 14.6. The number of hydrogen-bond acceptors (Lipinski definition) is 14. The van der Waals surface area contributed by atoms with E-state index in [1.54, 1.807) is 20.0 Å². The van der Waals surface area contributed by atoms with Crippen molar-refractivity contribution in [3.63, 3.8) is 0 Å². The van der Waals surface area contributed by atoms with E-state index in [1.165, 1.54) is 49.1 Å². The molecule has 0 saturated carbocycles. The first-order valence-corrected chi connectivity index (χ1v) is 17.5. The molecule has 50 heavy (non-hydrogen) atoms. The van der Waals surface area contributed by atoms with Gasteiger partial charge in [-0.15, -0.1) is 11.3 Å². The number of carboxylic acids is 1. The Balaban J connectivity index is -0.000000168. The maximum absolute atomic E-state index is 10.6. The van der Waals surface area contributed by atoms with Gasteiger partial charge >= 0.3 is 69.3 Å². The maximum atomic E-state index is 10.6. The molecule has 14 nitrogen and oxygen atoms in total. The Bertz CT molecular complexity index is 1120. The number of thiocarbonyl (C=S) groups is 1. The number of hydrogen-bond donors (Lipinski definition) is 3. The molecule has 3 saturated heterocycles. The molecule has 0 radical (unpaired) electrons. The largest absolute Gasteiger partial charge is 1.00 e. The Hall–Kier alpha value is -1.05. The Morgan fingerprint density at radius 1 is 1.14 bits per heavy atom. The van der Waals surface area contributed by atoms with E-state index in [1.807, 2.05) is 4.90 Å². The van der Waals surface area contributed by atoms with E-state index in [4.69, 9.17) is 27.7 Å². The van der Waals surface area contributed by atoms with Crippen molar-refractivity contribution in [2.24, 2.45) is 5.73 Å². The van der Waals surface area contributed by atoms with Gasteiger partial charge in [0.05, 0.1) is 37.3 Å². The minimum atomic E-state index is -0.793. The van der Waals surface area contributed by atoms with Crippen LogP contribution in [0.5, 0.6) is 0 Å². The van der Waals surface area contributed by atoms with Crippen LogP contribution in [0.25, 0.3) is 0 Å². The van der Waals surface area contributed by atoms with Crippen LogP contribution in [0.15, 0.2) is 6.20 Å². The van der Waals surface area contributed by atoms with Crippen LogP contribution in [0, 0.1) is 10.7 Å². The Morgan fingerprint density at radius 3 is 1.92 bits per heavy atom. The van der Waals surface area contributed by atoms with Crippen molar-refractivity contribution in [2.45, 2.75) is 78.5 Å². The third kappa shape index (κ3) is 35.4. The van der Waals surface area contributed by atoms with Crippen molar-refractivity contribution in [3.05, 3.63) is 11.1 Å². The number of rotatable bonds is 11. The van der Waals surface area contributed by atoms with Gasteiger partial charge in [0.2, 0.25) is 5.24 Å². The molecule has 1 aromatic heterocycles. The van der Waals surface area contributed by atoms with Crippen LogP contribution in [0.4, 0.5) is 5.13 Å². The molecule has 0 amide bonds. The van der Waals surface area contributed by atoms with Gasteiger partial charge in [-0.05, 0) is 70.0 Å². The average Bonchev–Trinajstić information content (AvgIpc) is 3.32. The number of thiocyanates is 1. The SMILES string of the molecule is C.C.C1CNC1.CCOC(=O)CC(Br)C=O.CCOC(=O)CCC(=O)Cl.N#C[S-].NC(=S)N1CCC1.O=C(O)Cc1cnc(N2CCC2)s1.[K+]. The van der Waals surface area contributed by atoms with E-state index >= 15 is 0 Å². The van der Waals surface area contributed by atoms with E-state index in [0.717, 1.165) is 36.2 Å². The summed E-state index contributed by atoms with van der Waals surface area (Å²) < 4.78 is 9.13. The van der Waals surface area contributed by atoms with E-state index in [9.17, 15) is 24.0 Å². The van der Waals surface area contributed by atoms with Gasteiger partial charge in [0.1, 0.15) is 6.29 Å². The molecule has 0 bridgehead atoms. The summed E-state index contributed by atoms with van der Waals surface area (Å²) in [6.45, 7) is 10.9. The molecule has 282 valence electrons. The number of ether oxygens (including phenoxy) is 2. The van der Waals surface area contributed by atoms with Gasteiger partial charge in [-0.25, -0.2) is 10.2 Å². The Kier molecular flexibility index (Phi) is 45.6. The van der Waals surface area contributed by atoms with Gasteiger partial charge in [-0.1, -0.05) is 36.2 Å². The molecular formula is C30H51BrClKN6O8S3. The number of nitrogens with zero attached hydrogens (tertiary/aromatic N) is 4. The minimum absolute atomic E-state index is 0. The second-order valence-corrected chi connectivity index (χ2v) is 12.5. The van der Waals surface area contributed by atoms with Crippen molar-refractivity contribution in [1.82, 2.24) is 15.2 Å². The van der Waals surface area contributed by atoms with Crippen molar-refractivity contribution in [1.29, 1.82) is 5.26 Å². The molecule has 0 aliphatic carbocycles. The number of aldehydes is 1. The van der Waals surface area contributed by atoms with Gasteiger partial charge < -0.3 is 52.9 Å². The molecule has 0 spiro atoms. The van der Waals surface area contributed by atoms with E-state index in [-0.39, 0.29) is 104 Å². The third-order valence-electron chi connectivity index (χ3n) is 5.51. The number of nitrogens with one attached hydrogen (secondary N) is 1. The quantitative estimate of drug-likeness (QED) is 0.0418. The fraction of sp³-hybridized carbons (Fsp3) is 0.667. The number of carbonyl (C=O) groups excluding carboxylic acids is 4. The van der Waals surface area contributed by atoms with Crippen LogP contribution in [0.2, 0.25) is 0 Å². The summed E-state index contributed by atoms with van der Waals surface area (Å²) in [5.74, 6) is -1.52. The Morgan fingerprint density at radius 2 is 1.62 bits per heavy atom. The number of alkyl halides is 1. The zero-order chi connectivity index (χ0) is 36.0. The summed E-state index contributed by atoms with van der Waals surface area (Å²) in [4.78, 5) is 60.3. The van der Waals surface area contributed by atoms with Crippen LogP contribution in [0.3, 0.4) is 0 Å². The monoisotopic (exact) mass is 872 g/mol. The summed E-state index contributed by atoms with van der Waals surface area (Å²) in [6.07, 6.45) is 6.51. The molecule has 4 heterocycles. The number of nitrogens with two attached hydrogens (primary N) is 1. The third-order valence-corrected chi connectivity index (χ3v) is 7.56. The smallest absolute Gasteiger partial charge is 0.696 e. The summed E-state index contributed by atoms with van der Waals surface area (Å²) in [6, 6.07) is 0. The number of esters is 2. The van der Waals surface area contributed by atoms with Crippen molar-refractivity contribution in [2.75, 3.05) is 57.4 Å². The number of carbonyl (C=O) groups is 5. The molecule has 4 N–H and O–H groups in total. The van der Waals surface area contributed by atoms with Gasteiger partial charge in [0, 0.05) is 43.7 Å². The second kappa shape index (κ2) is 39.2. The first kappa shape index (κ1) is 58.3. The predicted octanol–water partition coefficient (Wildman–Crippen LogP) is 1.18. The van der Waals surface area contributed by atoms with Crippen LogP contribution in [-0.4, -0.2) is 107 Å². The number of carboxylic acid groups (broad SMARTS) is 1. The Labute approximate surface area is 367 Å². The van der Waals surface area contributed by atoms with Crippen molar-refractivity contribution >= 4 is 103 Å². The van der Waals surface area contributed by atoms with Gasteiger partial charge in [0.25, 0.3) is 0 Å². The summed E-state index contributed by atoms with van der Waals surface area (Å²) in [5.41, 5.74) is 5.26. The number of thiazole rings is 1. The standard InChI is InChI=1S/C8H10N2O2S.C6H9BrO3.C6H9ClO3.C4H8N2S.C3H7N.CHNS.2CH4.K/c11-7(12)4-6-5-9-8(13-6)10-2-1-3-10;1-2-10-6(9)3-5(7)4-8;1-2-10-6(9)4-3-5(7)8;5-4(7)6-2-1-3-6;1-2-4-3-1;2-1-3;;;/h5H,1-4H2,(H,11,12);4-5H,2-3H2,1H3;2-4H2,1H3;1-3H2,(H2,5,7);4H,1-3H2;3H;2*1H4;/q;;;;;;;;+1/p-1. The molecule has 3 fully saturated rings. The van der Waals surface area contributed by atoms with Gasteiger partial charge in [-0.3, -0.25) is 19.2 Å². The topological polar surface area (TPSA) is 205 Å². The number of aliphatic carboxylic acids is 1. The second-order valence-electron chi connectivity index (χ2n) is 9.22. The van der Waals surface area contributed by atoms with Crippen LogP contribution >= 0.6 is 51.1 Å². The van der Waals surface area contributed by atoms with Gasteiger partial charge in [0.15, 0.2) is 10.2 Å². The summed E-state index contributed by atoms with van der Waals surface area (Å²) >= 11 is 17.8. The molecule has 4 rings (SSSR count). The zero-order valence-electron chi connectivity index (χ0n) is 27.5. The number of aromatic nitrogens is 1. The fourth-order valence-electron chi connectivity index (χ4n) is 2.76. The first-order chi connectivity index (χ1) is 22.3. The molecule has 1 unspecified atom stereocenters. The number of anilines is 1. The van der Waals surface area contributed by atoms with E-state index in [2.05, 4.69) is 65.5 Å². The molecule has 3 aliphatic heterocycles. The molecule has 3 aliphatic rings. The minimum Gasteiger partial charge on any atom is -0.696 e. The molecule has 20 heteroatoms. The van der Waals surface area contributed by atoms with Gasteiger partial charge in [-0.2, -0.15) is 0 Å². The van der Waals surface area contributed by atoms with Crippen LogP contribution < -0.4 is 67.3 Å². The zero-order valence-corrected chi connectivity index (χ0v) is 35.4. The van der Waals surface area contributed by atoms with E-state index in [0.29, 0.717) is 24.6 Å². The number of halogens is 2. The van der Waals surface area contributed by atoms with Crippen molar-refractivity contribution in [3.8, 4) is 5.40 Å². The normalized spacial score (nSPS) is 12.9. The summed E-state index contributed by atoms with van der Waals surface area (Å²) in [7, 11) is 0. The number of nitriles is 1. The maximum Gasteiger partial charge on any atom is 1.00 e. The average molecular weight is 874 g/mol.